The van der Waals surface area contributed by atoms with Crippen molar-refractivity contribution in [2.24, 2.45) is 0 Å². The van der Waals surface area contributed by atoms with Crippen LogP contribution in [0.4, 0.5) is 0 Å². The Labute approximate surface area is 80.6 Å². The number of ether oxygens (including phenoxy) is 1. The third-order valence-electron chi connectivity index (χ3n) is 1.62. The Morgan fingerprint density at radius 2 is 2.00 bits per heavy atom. The van der Waals surface area contributed by atoms with Crippen LogP contribution in [0, 0.1) is 0 Å². The summed E-state index contributed by atoms with van der Waals surface area (Å²) < 4.78 is 5.95. The molecular weight excluding hydrogens is 220 g/mol. The molecule has 4 heteroatoms. The molecule has 0 aliphatic rings. The van der Waals surface area contributed by atoms with Gasteiger partial charge in [0.1, 0.15) is 4.47 Å². The molecule has 0 radical (unpaired) electrons. The number of hydrogen-bond acceptors (Lipinski definition) is 2. The van der Waals surface area contributed by atoms with E-state index in [1.54, 1.807) is 7.11 Å². The van der Waals surface area contributed by atoms with Gasteiger partial charge in [0.15, 0.2) is 0 Å². The molecule has 1 aromatic rings. The van der Waals surface area contributed by atoms with Gasteiger partial charge in [0.2, 0.25) is 5.88 Å². The number of aromatic amines is 1. The van der Waals surface area contributed by atoms with E-state index >= 15 is 0 Å². The molecule has 0 bridgehead atoms. The van der Waals surface area contributed by atoms with E-state index in [0.29, 0.717) is 5.88 Å². The standard InChI is InChI=1S/C8H13BrN2O/c1-8(2,3)6-5(9)7(12-4)11-10-6/h1-4H3,(H,10,11). The summed E-state index contributed by atoms with van der Waals surface area (Å²) in [6, 6.07) is 0. The van der Waals surface area contributed by atoms with Crippen LogP contribution in [-0.4, -0.2) is 17.3 Å². The van der Waals surface area contributed by atoms with Gasteiger partial charge in [-0.1, -0.05) is 20.8 Å². The lowest BCUT2D eigenvalue weighted by molar-refractivity contribution is 0.394. The van der Waals surface area contributed by atoms with Crippen molar-refractivity contribution in [2.75, 3.05) is 7.11 Å². The molecule has 0 aliphatic carbocycles. The second-order valence-corrected chi connectivity index (χ2v) is 4.46. The average molecular weight is 233 g/mol. The fourth-order valence-corrected chi connectivity index (χ4v) is 1.88. The van der Waals surface area contributed by atoms with Crippen molar-refractivity contribution in [1.82, 2.24) is 10.2 Å². The fraction of sp³-hybridized carbons (Fsp3) is 0.625. The van der Waals surface area contributed by atoms with Gasteiger partial charge in [-0.05, 0) is 15.9 Å². The Bertz CT molecular complexity index is 275. The first-order valence-corrected chi connectivity index (χ1v) is 4.54. The number of H-pyrrole nitrogens is 1. The van der Waals surface area contributed by atoms with Crippen molar-refractivity contribution in [2.45, 2.75) is 26.2 Å². The molecule has 1 aromatic heterocycles. The Kier molecular flexibility index (Phi) is 2.46. The van der Waals surface area contributed by atoms with Crippen LogP contribution in [0.2, 0.25) is 0 Å². The molecule has 0 spiro atoms. The van der Waals surface area contributed by atoms with Crippen LogP contribution in [0.25, 0.3) is 0 Å². The van der Waals surface area contributed by atoms with E-state index in [4.69, 9.17) is 4.74 Å². The van der Waals surface area contributed by atoms with Gasteiger partial charge in [0, 0.05) is 5.41 Å². The minimum absolute atomic E-state index is 0.0581. The molecule has 1 heterocycles. The number of halogens is 1. The number of methoxy groups -OCH3 is 1. The first-order chi connectivity index (χ1) is 5.46. The largest absolute Gasteiger partial charge is 0.479 e. The van der Waals surface area contributed by atoms with Gasteiger partial charge >= 0.3 is 0 Å². The van der Waals surface area contributed by atoms with Gasteiger partial charge in [-0.15, -0.1) is 5.10 Å². The molecule has 0 unspecified atom stereocenters. The molecule has 0 fully saturated rings. The highest BCUT2D eigenvalue weighted by Gasteiger charge is 2.22. The van der Waals surface area contributed by atoms with Gasteiger partial charge < -0.3 is 4.74 Å². The van der Waals surface area contributed by atoms with E-state index in [1.165, 1.54) is 0 Å². The number of aromatic nitrogens is 2. The summed E-state index contributed by atoms with van der Waals surface area (Å²) >= 11 is 3.43. The number of hydrogen-bond donors (Lipinski definition) is 1. The van der Waals surface area contributed by atoms with Gasteiger partial charge in [-0.2, -0.15) is 0 Å². The normalized spacial score (nSPS) is 11.8. The van der Waals surface area contributed by atoms with Crippen LogP contribution in [0.1, 0.15) is 26.5 Å². The van der Waals surface area contributed by atoms with Crippen molar-refractivity contribution in [3.8, 4) is 5.88 Å². The molecule has 12 heavy (non-hydrogen) atoms. The molecule has 1 N–H and O–H groups in total. The van der Waals surface area contributed by atoms with Crippen molar-refractivity contribution in [3.63, 3.8) is 0 Å². The third kappa shape index (κ3) is 1.63. The third-order valence-corrected chi connectivity index (χ3v) is 2.36. The van der Waals surface area contributed by atoms with E-state index in [2.05, 4.69) is 46.9 Å². The average Bonchev–Trinajstić information content (AvgIpc) is 2.29. The monoisotopic (exact) mass is 232 g/mol. The lowest BCUT2D eigenvalue weighted by Gasteiger charge is -2.15. The minimum Gasteiger partial charge on any atom is -0.479 e. The maximum atomic E-state index is 5.03. The summed E-state index contributed by atoms with van der Waals surface area (Å²) in [5.41, 5.74) is 1.11. The van der Waals surface area contributed by atoms with Crippen molar-refractivity contribution in [1.29, 1.82) is 0 Å². The van der Waals surface area contributed by atoms with Crippen LogP contribution in [0.3, 0.4) is 0 Å². The minimum atomic E-state index is 0.0581. The molecular formula is C8H13BrN2O. The van der Waals surface area contributed by atoms with Crippen molar-refractivity contribution >= 4 is 15.9 Å². The predicted octanol–water partition coefficient (Wildman–Crippen LogP) is 2.48. The Morgan fingerprint density at radius 1 is 1.42 bits per heavy atom. The van der Waals surface area contributed by atoms with E-state index in [1.807, 2.05) is 0 Å². The Hall–Kier alpha value is -0.510. The van der Waals surface area contributed by atoms with Gasteiger partial charge in [-0.3, -0.25) is 5.10 Å². The number of nitrogens with one attached hydrogen (secondary N) is 1. The number of nitrogens with zero attached hydrogens (tertiary/aromatic N) is 1. The van der Waals surface area contributed by atoms with Crippen molar-refractivity contribution < 1.29 is 4.74 Å². The van der Waals surface area contributed by atoms with Crippen LogP contribution >= 0.6 is 15.9 Å². The van der Waals surface area contributed by atoms with Gasteiger partial charge in [0.05, 0.1) is 12.8 Å². The molecule has 0 atom stereocenters. The van der Waals surface area contributed by atoms with E-state index in [0.717, 1.165) is 10.2 Å². The Morgan fingerprint density at radius 3 is 2.25 bits per heavy atom. The van der Waals surface area contributed by atoms with Crippen LogP contribution in [-0.2, 0) is 5.41 Å². The molecule has 0 aromatic carbocycles. The highest BCUT2D eigenvalue weighted by Crippen LogP contribution is 2.33. The maximum Gasteiger partial charge on any atom is 0.247 e. The molecule has 68 valence electrons. The van der Waals surface area contributed by atoms with Gasteiger partial charge in [-0.25, -0.2) is 0 Å². The molecule has 0 aliphatic heterocycles. The van der Waals surface area contributed by atoms with Crippen molar-refractivity contribution in [3.05, 3.63) is 10.2 Å². The van der Waals surface area contributed by atoms with Crippen LogP contribution in [0.15, 0.2) is 4.47 Å². The number of rotatable bonds is 1. The molecule has 1 rings (SSSR count). The van der Waals surface area contributed by atoms with Crippen LogP contribution in [0.5, 0.6) is 5.88 Å². The zero-order valence-electron chi connectivity index (χ0n) is 7.73. The Balaban J connectivity index is 3.11. The second-order valence-electron chi connectivity index (χ2n) is 3.67. The molecule has 0 saturated carbocycles. The summed E-state index contributed by atoms with van der Waals surface area (Å²) in [6.07, 6.45) is 0. The van der Waals surface area contributed by atoms with E-state index in [9.17, 15) is 0 Å². The van der Waals surface area contributed by atoms with E-state index in [-0.39, 0.29) is 5.41 Å². The quantitative estimate of drug-likeness (QED) is 0.809. The fourth-order valence-electron chi connectivity index (χ4n) is 0.944. The lowest BCUT2D eigenvalue weighted by atomic mass is 9.92. The lowest BCUT2D eigenvalue weighted by Crippen LogP contribution is -2.12. The highest BCUT2D eigenvalue weighted by atomic mass is 79.9. The summed E-state index contributed by atoms with van der Waals surface area (Å²) in [5, 5.41) is 6.95. The molecule has 3 nitrogen and oxygen atoms in total. The van der Waals surface area contributed by atoms with Gasteiger partial charge in [0.25, 0.3) is 0 Å². The van der Waals surface area contributed by atoms with Crippen LogP contribution < -0.4 is 4.74 Å². The summed E-state index contributed by atoms with van der Waals surface area (Å²) in [6.45, 7) is 6.35. The summed E-state index contributed by atoms with van der Waals surface area (Å²) in [7, 11) is 1.60. The maximum absolute atomic E-state index is 5.03. The smallest absolute Gasteiger partial charge is 0.247 e. The zero-order chi connectivity index (χ0) is 9.35. The summed E-state index contributed by atoms with van der Waals surface area (Å²) in [4.78, 5) is 0. The second kappa shape index (κ2) is 3.09. The first kappa shape index (κ1) is 9.58. The predicted molar refractivity (Wildman–Crippen MR) is 51.5 cm³/mol. The highest BCUT2D eigenvalue weighted by molar-refractivity contribution is 9.10. The topological polar surface area (TPSA) is 37.9 Å². The van der Waals surface area contributed by atoms with E-state index < -0.39 is 0 Å². The molecule has 0 amide bonds. The molecule has 0 saturated heterocycles. The SMILES string of the molecule is COc1n[nH]c(C(C)(C)C)c1Br. The summed E-state index contributed by atoms with van der Waals surface area (Å²) in [5.74, 6) is 0.611. The zero-order valence-corrected chi connectivity index (χ0v) is 9.32. The first-order valence-electron chi connectivity index (χ1n) is 3.75.